The second-order valence-electron chi connectivity index (χ2n) is 9.15. The molecule has 0 saturated carbocycles. The predicted molar refractivity (Wildman–Crippen MR) is 151 cm³/mol. The molecule has 0 unspecified atom stereocenters. The van der Waals surface area contributed by atoms with Crippen molar-refractivity contribution in [3.8, 4) is 0 Å². The highest BCUT2D eigenvalue weighted by Crippen LogP contribution is 2.17. The number of amides is 3. The van der Waals surface area contributed by atoms with Crippen LogP contribution in [0.25, 0.3) is 10.8 Å². The number of carbonyl (C=O) groups is 4. The number of aliphatic carboxylic acids is 1. The predicted octanol–water partition coefficient (Wildman–Crippen LogP) is 1.59. The highest BCUT2D eigenvalue weighted by Gasteiger charge is 2.31. The SMILES string of the molecule is CSCC[C@H](NC(=O)[C@H](Cc1ccc2ccccc2c1)NC(=O)[C@@H](NC(=O)[C@H](N)CS)C(C)C)C(=O)O. The molecule has 6 N–H and O–H groups in total. The van der Waals surface area contributed by atoms with E-state index in [-0.39, 0.29) is 24.5 Å². The zero-order valence-corrected chi connectivity index (χ0v) is 23.0. The Bertz CT molecular complexity index is 1100. The van der Waals surface area contributed by atoms with Gasteiger partial charge in [-0.25, -0.2) is 4.79 Å². The normalized spacial score (nSPS) is 14.4. The Balaban J connectivity index is 2.31. The van der Waals surface area contributed by atoms with E-state index in [1.807, 2.05) is 48.7 Å². The summed E-state index contributed by atoms with van der Waals surface area (Å²) in [5.41, 5.74) is 6.53. The van der Waals surface area contributed by atoms with E-state index >= 15 is 0 Å². The average molecular weight is 549 g/mol. The van der Waals surface area contributed by atoms with Gasteiger partial charge < -0.3 is 26.8 Å². The summed E-state index contributed by atoms with van der Waals surface area (Å²) < 4.78 is 0. The van der Waals surface area contributed by atoms with Crippen LogP contribution in [0.4, 0.5) is 0 Å². The molecule has 3 amide bonds. The van der Waals surface area contributed by atoms with Gasteiger partial charge in [0.05, 0.1) is 6.04 Å². The van der Waals surface area contributed by atoms with E-state index in [2.05, 4.69) is 28.6 Å². The minimum Gasteiger partial charge on any atom is -0.480 e. The molecule has 4 atom stereocenters. The van der Waals surface area contributed by atoms with Crippen molar-refractivity contribution >= 4 is 58.9 Å². The second kappa shape index (κ2) is 14.8. The largest absolute Gasteiger partial charge is 0.480 e. The first-order chi connectivity index (χ1) is 17.6. The number of nitrogens with one attached hydrogen (secondary N) is 3. The molecule has 0 heterocycles. The van der Waals surface area contributed by atoms with E-state index in [0.29, 0.717) is 5.75 Å². The first-order valence-electron chi connectivity index (χ1n) is 12.0. The molecule has 2 aromatic carbocycles. The van der Waals surface area contributed by atoms with Crippen molar-refractivity contribution in [2.45, 2.75) is 50.9 Å². The summed E-state index contributed by atoms with van der Waals surface area (Å²) in [6.45, 7) is 3.52. The molecule has 2 aromatic rings. The van der Waals surface area contributed by atoms with Crippen molar-refractivity contribution in [3.63, 3.8) is 0 Å². The van der Waals surface area contributed by atoms with Crippen LogP contribution in [0.2, 0.25) is 0 Å². The van der Waals surface area contributed by atoms with Crippen molar-refractivity contribution in [3.05, 3.63) is 48.0 Å². The fourth-order valence-corrected chi connectivity index (χ4v) is 4.35. The number of nitrogens with two attached hydrogens (primary N) is 1. The molecule has 9 nitrogen and oxygen atoms in total. The fourth-order valence-electron chi connectivity index (χ4n) is 3.72. The van der Waals surface area contributed by atoms with Crippen LogP contribution >= 0.6 is 24.4 Å². The molecular formula is C26H36N4O5S2. The van der Waals surface area contributed by atoms with Gasteiger partial charge in [0.25, 0.3) is 0 Å². The Kier molecular flexibility index (Phi) is 12.2. The summed E-state index contributed by atoms with van der Waals surface area (Å²) in [5, 5.41) is 19.5. The van der Waals surface area contributed by atoms with E-state index in [9.17, 15) is 24.3 Å². The third-order valence-corrected chi connectivity index (χ3v) is 6.93. The van der Waals surface area contributed by atoms with Crippen molar-refractivity contribution in [1.29, 1.82) is 0 Å². The number of hydrogen-bond donors (Lipinski definition) is 6. The molecule has 2 rings (SSSR count). The number of hydrogen-bond acceptors (Lipinski definition) is 7. The number of thioether (sulfide) groups is 1. The maximum atomic E-state index is 13.3. The van der Waals surface area contributed by atoms with Crippen LogP contribution < -0.4 is 21.7 Å². The third kappa shape index (κ3) is 9.24. The van der Waals surface area contributed by atoms with Crippen LogP contribution in [0.5, 0.6) is 0 Å². The molecule has 0 fully saturated rings. The van der Waals surface area contributed by atoms with E-state index in [0.717, 1.165) is 16.3 Å². The zero-order valence-electron chi connectivity index (χ0n) is 21.3. The van der Waals surface area contributed by atoms with Crippen LogP contribution in [-0.4, -0.2) is 70.7 Å². The van der Waals surface area contributed by atoms with Crippen molar-refractivity contribution in [2.75, 3.05) is 17.8 Å². The Hall–Kier alpha value is -2.76. The lowest BCUT2D eigenvalue weighted by molar-refractivity contribution is -0.142. The van der Waals surface area contributed by atoms with Gasteiger partial charge in [-0.2, -0.15) is 24.4 Å². The van der Waals surface area contributed by atoms with Gasteiger partial charge in [0.1, 0.15) is 18.1 Å². The lowest BCUT2D eigenvalue weighted by Crippen LogP contribution is -2.59. The van der Waals surface area contributed by atoms with Crippen LogP contribution in [0, 0.1) is 5.92 Å². The molecule has 0 saturated heterocycles. The molecule has 202 valence electrons. The summed E-state index contributed by atoms with van der Waals surface area (Å²) >= 11 is 5.50. The Morgan fingerprint density at radius 2 is 1.59 bits per heavy atom. The van der Waals surface area contributed by atoms with Gasteiger partial charge in [-0.3, -0.25) is 14.4 Å². The highest BCUT2D eigenvalue weighted by molar-refractivity contribution is 7.98. The van der Waals surface area contributed by atoms with Gasteiger partial charge in [0, 0.05) is 12.2 Å². The van der Waals surface area contributed by atoms with Gasteiger partial charge in [0.15, 0.2) is 0 Å². The van der Waals surface area contributed by atoms with Gasteiger partial charge in [-0.15, -0.1) is 0 Å². The van der Waals surface area contributed by atoms with E-state index in [1.165, 1.54) is 11.8 Å². The monoisotopic (exact) mass is 548 g/mol. The fraction of sp³-hybridized carbons (Fsp3) is 0.462. The van der Waals surface area contributed by atoms with Crippen LogP contribution in [0.1, 0.15) is 25.8 Å². The van der Waals surface area contributed by atoms with E-state index in [1.54, 1.807) is 13.8 Å². The molecule has 0 aliphatic heterocycles. The number of carbonyl (C=O) groups excluding carboxylic acids is 3. The first kappa shape index (κ1) is 30.5. The lowest BCUT2D eigenvalue weighted by Gasteiger charge is -2.27. The van der Waals surface area contributed by atoms with Crippen LogP contribution in [-0.2, 0) is 25.6 Å². The standard InChI is InChI=1S/C26H36N4O5S2/c1-15(2)22(30-23(31)19(27)14-36)25(33)29-21(24(32)28-20(26(34)35)10-11-37-3)13-16-8-9-17-6-4-5-7-18(17)12-16/h4-9,12,15,19-22,36H,10-11,13-14,27H2,1-3H3,(H,28,32)(H,29,33)(H,30,31)(H,34,35)/t19-,20+,21+,22+/m1/s1. The third-order valence-electron chi connectivity index (χ3n) is 5.89. The molecular weight excluding hydrogens is 512 g/mol. The number of carboxylic acids is 1. The van der Waals surface area contributed by atoms with Crippen molar-refractivity contribution in [1.82, 2.24) is 16.0 Å². The lowest BCUT2D eigenvalue weighted by atomic mass is 9.99. The summed E-state index contributed by atoms with van der Waals surface area (Å²) in [5.74, 6) is -2.49. The molecule has 0 aliphatic carbocycles. The minimum atomic E-state index is -1.15. The van der Waals surface area contributed by atoms with Gasteiger partial charge in [-0.05, 0) is 40.7 Å². The molecule has 0 bridgehead atoms. The first-order valence-corrected chi connectivity index (χ1v) is 14.1. The number of benzene rings is 2. The molecule has 37 heavy (non-hydrogen) atoms. The summed E-state index contributed by atoms with van der Waals surface area (Å²) in [6.07, 6.45) is 2.22. The smallest absolute Gasteiger partial charge is 0.326 e. The van der Waals surface area contributed by atoms with Gasteiger partial charge in [0.2, 0.25) is 17.7 Å². The Labute approximate surface area is 227 Å². The average Bonchev–Trinajstić information content (AvgIpc) is 2.87. The van der Waals surface area contributed by atoms with Crippen LogP contribution in [0.3, 0.4) is 0 Å². The minimum absolute atomic E-state index is 0.109. The Morgan fingerprint density at radius 3 is 2.19 bits per heavy atom. The molecule has 0 radical (unpaired) electrons. The maximum Gasteiger partial charge on any atom is 0.326 e. The summed E-state index contributed by atoms with van der Waals surface area (Å²) in [6, 6.07) is 9.49. The van der Waals surface area contributed by atoms with Gasteiger partial charge in [-0.1, -0.05) is 56.3 Å². The number of thiol groups is 1. The number of rotatable bonds is 14. The number of fused-ring (bicyclic) bond motifs is 1. The zero-order chi connectivity index (χ0) is 27.5. The highest BCUT2D eigenvalue weighted by atomic mass is 32.2. The Morgan fingerprint density at radius 1 is 0.946 bits per heavy atom. The second-order valence-corrected chi connectivity index (χ2v) is 10.5. The van der Waals surface area contributed by atoms with E-state index < -0.39 is 47.9 Å². The quantitative estimate of drug-likeness (QED) is 0.196. The van der Waals surface area contributed by atoms with E-state index in [4.69, 9.17) is 5.73 Å². The van der Waals surface area contributed by atoms with Crippen LogP contribution in [0.15, 0.2) is 42.5 Å². The molecule has 11 heteroatoms. The van der Waals surface area contributed by atoms with Gasteiger partial charge >= 0.3 is 5.97 Å². The molecule has 0 aromatic heterocycles. The topological polar surface area (TPSA) is 151 Å². The maximum absolute atomic E-state index is 13.3. The summed E-state index contributed by atoms with van der Waals surface area (Å²) in [4.78, 5) is 50.6. The molecule has 0 aliphatic rings. The molecule has 0 spiro atoms. The van der Waals surface area contributed by atoms with Crippen molar-refractivity contribution < 1.29 is 24.3 Å². The summed E-state index contributed by atoms with van der Waals surface area (Å²) in [7, 11) is 0. The number of carboxylic acid groups (broad SMARTS) is 1. The van der Waals surface area contributed by atoms with Crippen molar-refractivity contribution in [2.24, 2.45) is 11.7 Å².